The monoisotopic (exact) mass is 301 g/mol. The maximum absolute atomic E-state index is 13.6. The van der Waals surface area contributed by atoms with Gasteiger partial charge in [-0.3, -0.25) is 4.79 Å². The summed E-state index contributed by atoms with van der Waals surface area (Å²) in [7, 11) is 0. The molecule has 0 aliphatic carbocycles. The first-order valence-electron chi connectivity index (χ1n) is 6.82. The first-order chi connectivity index (χ1) is 9.48. The van der Waals surface area contributed by atoms with Crippen LogP contribution in [0.2, 0.25) is 5.02 Å². The van der Waals surface area contributed by atoms with E-state index >= 15 is 0 Å². The molecule has 0 saturated heterocycles. The zero-order valence-corrected chi connectivity index (χ0v) is 12.6. The lowest BCUT2D eigenvalue weighted by atomic mass is 9.79. The molecule has 0 aliphatic heterocycles. The van der Waals surface area contributed by atoms with E-state index in [2.05, 4.69) is 5.32 Å². The minimum absolute atomic E-state index is 0.0143. The van der Waals surface area contributed by atoms with E-state index in [1.807, 2.05) is 13.8 Å². The molecule has 0 aromatic heterocycles. The average molecular weight is 302 g/mol. The van der Waals surface area contributed by atoms with Crippen molar-refractivity contribution in [3.05, 3.63) is 34.6 Å². The molecule has 1 amide bonds. The van der Waals surface area contributed by atoms with Gasteiger partial charge in [-0.05, 0) is 42.9 Å². The molecule has 1 aromatic carbocycles. The fourth-order valence-electron chi connectivity index (χ4n) is 2.22. The van der Waals surface area contributed by atoms with Crippen LogP contribution in [0.5, 0.6) is 0 Å². The number of aliphatic hydroxyl groups excluding tert-OH is 1. The smallest absolute Gasteiger partial charge is 0.254 e. The van der Waals surface area contributed by atoms with Crippen LogP contribution in [0.1, 0.15) is 43.5 Å². The fourth-order valence-corrected chi connectivity index (χ4v) is 2.37. The maximum atomic E-state index is 13.6. The van der Waals surface area contributed by atoms with Crippen molar-refractivity contribution in [2.24, 2.45) is 5.41 Å². The SMILES string of the molecule is CCC(CC)(CCO)CNC(=O)c1ccc(Cl)cc1F. The quantitative estimate of drug-likeness (QED) is 0.811. The van der Waals surface area contributed by atoms with Crippen molar-refractivity contribution in [2.75, 3.05) is 13.2 Å². The van der Waals surface area contributed by atoms with Crippen LogP contribution < -0.4 is 5.32 Å². The van der Waals surface area contributed by atoms with Gasteiger partial charge in [0.1, 0.15) is 5.82 Å². The van der Waals surface area contributed by atoms with E-state index in [1.165, 1.54) is 12.1 Å². The summed E-state index contributed by atoms with van der Waals surface area (Å²) < 4.78 is 13.6. The van der Waals surface area contributed by atoms with Gasteiger partial charge < -0.3 is 10.4 Å². The molecule has 0 unspecified atom stereocenters. The zero-order valence-electron chi connectivity index (χ0n) is 11.9. The Hall–Kier alpha value is -1.13. The van der Waals surface area contributed by atoms with E-state index < -0.39 is 11.7 Å². The lowest BCUT2D eigenvalue weighted by Crippen LogP contribution is -2.38. The number of nitrogens with one attached hydrogen (secondary N) is 1. The first-order valence-corrected chi connectivity index (χ1v) is 7.20. The van der Waals surface area contributed by atoms with Crippen LogP contribution in [0.25, 0.3) is 0 Å². The number of hydrogen-bond acceptors (Lipinski definition) is 2. The Morgan fingerprint density at radius 2 is 2.05 bits per heavy atom. The number of hydrogen-bond donors (Lipinski definition) is 2. The van der Waals surface area contributed by atoms with Gasteiger partial charge in [0, 0.05) is 18.2 Å². The number of amides is 1. The Morgan fingerprint density at radius 3 is 2.55 bits per heavy atom. The molecule has 0 radical (unpaired) electrons. The van der Waals surface area contributed by atoms with Crippen molar-refractivity contribution in [3.63, 3.8) is 0 Å². The molecule has 0 heterocycles. The molecule has 112 valence electrons. The number of rotatable bonds is 7. The predicted octanol–water partition coefficient (Wildman–Crippen LogP) is 3.40. The van der Waals surface area contributed by atoms with Crippen LogP contribution in [0, 0.1) is 11.2 Å². The van der Waals surface area contributed by atoms with Gasteiger partial charge in [-0.2, -0.15) is 0 Å². The summed E-state index contributed by atoms with van der Waals surface area (Å²) in [5.41, 5.74) is -0.160. The molecule has 0 atom stereocenters. The third-order valence-electron chi connectivity index (χ3n) is 3.94. The van der Waals surface area contributed by atoms with Crippen molar-refractivity contribution in [1.82, 2.24) is 5.32 Å². The molecule has 0 fully saturated rings. The molecular formula is C15H21ClFNO2. The van der Waals surface area contributed by atoms with Crippen LogP contribution in [0.4, 0.5) is 4.39 Å². The van der Waals surface area contributed by atoms with E-state index in [0.29, 0.717) is 13.0 Å². The second kappa shape index (κ2) is 7.60. The third kappa shape index (κ3) is 4.18. The summed E-state index contributed by atoms with van der Waals surface area (Å²) in [6.07, 6.45) is 2.30. The molecular weight excluding hydrogens is 281 g/mol. The van der Waals surface area contributed by atoms with Crippen LogP contribution in [0.15, 0.2) is 18.2 Å². The minimum Gasteiger partial charge on any atom is -0.396 e. The number of halogens is 2. The summed E-state index contributed by atoms with van der Waals surface area (Å²) in [4.78, 5) is 12.0. The highest BCUT2D eigenvalue weighted by molar-refractivity contribution is 6.30. The van der Waals surface area contributed by atoms with Gasteiger partial charge in [-0.25, -0.2) is 4.39 Å². The molecule has 0 saturated carbocycles. The normalized spacial score (nSPS) is 11.4. The lowest BCUT2D eigenvalue weighted by Gasteiger charge is -2.31. The van der Waals surface area contributed by atoms with Gasteiger partial charge in [0.2, 0.25) is 0 Å². The maximum Gasteiger partial charge on any atom is 0.254 e. The van der Waals surface area contributed by atoms with Crippen molar-refractivity contribution < 1.29 is 14.3 Å². The number of carbonyl (C=O) groups excluding carboxylic acids is 1. The summed E-state index contributed by atoms with van der Waals surface area (Å²) in [5, 5.41) is 12.1. The Morgan fingerprint density at radius 1 is 1.40 bits per heavy atom. The van der Waals surface area contributed by atoms with Crippen molar-refractivity contribution in [2.45, 2.75) is 33.1 Å². The molecule has 1 rings (SSSR count). The van der Waals surface area contributed by atoms with Crippen molar-refractivity contribution in [3.8, 4) is 0 Å². The fraction of sp³-hybridized carbons (Fsp3) is 0.533. The molecule has 0 bridgehead atoms. The summed E-state index contributed by atoms with van der Waals surface area (Å²) >= 11 is 5.66. The standard InChI is InChI=1S/C15H21ClFNO2/c1-3-15(4-2,7-8-19)10-18-14(20)12-6-5-11(16)9-13(12)17/h5-6,9,19H,3-4,7-8,10H2,1-2H3,(H,18,20). The average Bonchev–Trinajstić information content (AvgIpc) is 2.43. The Labute approximate surface area is 124 Å². The molecule has 0 aliphatic rings. The molecule has 1 aromatic rings. The van der Waals surface area contributed by atoms with Crippen LogP contribution in [-0.4, -0.2) is 24.2 Å². The highest BCUT2D eigenvalue weighted by atomic mass is 35.5. The molecule has 5 heteroatoms. The van der Waals surface area contributed by atoms with E-state index in [4.69, 9.17) is 16.7 Å². The van der Waals surface area contributed by atoms with Crippen LogP contribution in [0.3, 0.4) is 0 Å². The van der Waals surface area contributed by atoms with Crippen LogP contribution in [-0.2, 0) is 0 Å². The number of carbonyl (C=O) groups is 1. The second-order valence-corrected chi connectivity index (χ2v) is 5.42. The zero-order chi connectivity index (χ0) is 15.2. The molecule has 3 nitrogen and oxygen atoms in total. The largest absolute Gasteiger partial charge is 0.396 e. The Balaban J connectivity index is 2.75. The minimum atomic E-state index is -0.629. The van der Waals surface area contributed by atoms with Crippen molar-refractivity contribution in [1.29, 1.82) is 0 Å². The predicted molar refractivity (Wildman–Crippen MR) is 78.5 cm³/mol. The highest BCUT2D eigenvalue weighted by Gasteiger charge is 2.26. The first kappa shape index (κ1) is 16.9. The van der Waals surface area contributed by atoms with E-state index in [9.17, 15) is 9.18 Å². The summed E-state index contributed by atoms with van der Waals surface area (Å²) in [6.45, 7) is 4.54. The number of aliphatic hydroxyl groups is 1. The Bertz CT molecular complexity index is 461. The molecule has 0 spiro atoms. The van der Waals surface area contributed by atoms with Gasteiger partial charge >= 0.3 is 0 Å². The van der Waals surface area contributed by atoms with Crippen LogP contribution >= 0.6 is 11.6 Å². The van der Waals surface area contributed by atoms with Gasteiger partial charge in [-0.1, -0.05) is 25.4 Å². The summed E-state index contributed by atoms with van der Waals surface area (Å²) in [6, 6.07) is 3.98. The van der Waals surface area contributed by atoms with E-state index in [-0.39, 0.29) is 22.6 Å². The van der Waals surface area contributed by atoms with Crippen molar-refractivity contribution >= 4 is 17.5 Å². The molecule has 20 heavy (non-hydrogen) atoms. The van der Waals surface area contributed by atoms with Gasteiger partial charge in [0.25, 0.3) is 5.91 Å². The lowest BCUT2D eigenvalue weighted by molar-refractivity contribution is 0.0903. The van der Waals surface area contributed by atoms with Gasteiger partial charge in [-0.15, -0.1) is 0 Å². The molecule has 2 N–H and O–H groups in total. The van der Waals surface area contributed by atoms with Gasteiger partial charge in [0.15, 0.2) is 0 Å². The van der Waals surface area contributed by atoms with E-state index in [0.717, 1.165) is 18.9 Å². The Kier molecular flexibility index (Phi) is 6.43. The summed E-state index contributed by atoms with van der Waals surface area (Å²) in [5.74, 6) is -1.08. The second-order valence-electron chi connectivity index (χ2n) is 4.99. The third-order valence-corrected chi connectivity index (χ3v) is 4.18. The topological polar surface area (TPSA) is 49.3 Å². The van der Waals surface area contributed by atoms with E-state index in [1.54, 1.807) is 0 Å². The number of benzene rings is 1. The van der Waals surface area contributed by atoms with Gasteiger partial charge in [0.05, 0.1) is 5.56 Å². The highest BCUT2D eigenvalue weighted by Crippen LogP contribution is 2.29.